The number of carbonyl (C=O) groups is 2. The van der Waals surface area contributed by atoms with E-state index >= 15 is 0 Å². The van der Waals surface area contributed by atoms with E-state index in [2.05, 4.69) is 10.6 Å². The Kier molecular flexibility index (Phi) is 8.95. The summed E-state index contributed by atoms with van der Waals surface area (Å²) >= 11 is 0. The average molecular weight is 478 g/mol. The molecule has 0 fully saturated rings. The number of rotatable bonds is 11. The van der Waals surface area contributed by atoms with Crippen molar-refractivity contribution in [3.05, 3.63) is 71.8 Å². The van der Waals surface area contributed by atoms with Crippen molar-refractivity contribution in [2.24, 2.45) is 0 Å². The topological polar surface area (TPSA) is 112 Å². The minimum absolute atomic E-state index is 0.286. The minimum atomic E-state index is -0.372. The van der Waals surface area contributed by atoms with Gasteiger partial charge in [0.1, 0.15) is 17.2 Å². The normalized spacial score (nSPS) is 10.4. The second-order valence-corrected chi connectivity index (χ2v) is 7.59. The Morgan fingerprint density at radius 3 is 1.80 bits per heavy atom. The molecule has 184 valence electrons. The van der Waals surface area contributed by atoms with E-state index in [-0.39, 0.29) is 11.8 Å². The molecule has 0 unspecified atom stereocenters. The molecule has 0 radical (unpaired) electrons. The summed E-state index contributed by atoms with van der Waals surface area (Å²) in [6.07, 6.45) is 0.853. The third-order valence-electron chi connectivity index (χ3n) is 4.95. The van der Waals surface area contributed by atoms with E-state index in [0.717, 1.165) is 6.42 Å². The molecule has 0 spiro atoms. The number of nitrogen functional groups attached to an aromatic ring is 1. The SMILES string of the molecule is CCCOc1ccc(C(=O)Nc2cc(OCC)c(NC(=O)c3ccccc3)cc2OCC)cc1N. The Labute approximate surface area is 205 Å². The van der Waals surface area contributed by atoms with Gasteiger partial charge in [0, 0.05) is 23.3 Å². The Balaban J connectivity index is 1.88. The van der Waals surface area contributed by atoms with Gasteiger partial charge in [0.05, 0.1) is 36.9 Å². The van der Waals surface area contributed by atoms with E-state index in [1.807, 2.05) is 26.8 Å². The third kappa shape index (κ3) is 6.66. The molecule has 0 aliphatic rings. The fourth-order valence-corrected chi connectivity index (χ4v) is 3.32. The van der Waals surface area contributed by atoms with Crippen molar-refractivity contribution in [1.82, 2.24) is 0 Å². The zero-order valence-electron chi connectivity index (χ0n) is 20.2. The number of benzene rings is 3. The molecule has 0 atom stereocenters. The highest BCUT2D eigenvalue weighted by atomic mass is 16.5. The van der Waals surface area contributed by atoms with Crippen LogP contribution in [0.15, 0.2) is 60.7 Å². The molecule has 0 saturated carbocycles. The zero-order chi connectivity index (χ0) is 25.2. The van der Waals surface area contributed by atoms with Crippen molar-refractivity contribution in [2.45, 2.75) is 27.2 Å². The summed E-state index contributed by atoms with van der Waals surface area (Å²) in [5.41, 5.74) is 8.16. The molecule has 4 N–H and O–H groups in total. The highest BCUT2D eigenvalue weighted by Crippen LogP contribution is 2.37. The van der Waals surface area contributed by atoms with Crippen LogP contribution in [0.5, 0.6) is 17.2 Å². The van der Waals surface area contributed by atoms with Gasteiger partial charge >= 0.3 is 0 Å². The summed E-state index contributed by atoms with van der Waals surface area (Å²) in [6, 6.07) is 17.0. The maximum atomic E-state index is 13.0. The van der Waals surface area contributed by atoms with Crippen LogP contribution in [0.25, 0.3) is 0 Å². The molecular weight excluding hydrogens is 446 g/mol. The second-order valence-electron chi connectivity index (χ2n) is 7.59. The fourth-order valence-electron chi connectivity index (χ4n) is 3.32. The maximum absolute atomic E-state index is 13.0. The van der Waals surface area contributed by atoms with Crippen LogP contribution < -0.4 is 30.6 Å². The Morgan fingerprint density at radius 2 is 1.29 bits per heavy atom. The van der Waals surface area contributed by atoms with Gasteiger partial charge in [0.2, 0.25) is 0 Å². The van der Waals surface area contributed by atoms with Crippen molar-refractivity contribution in [3.8, 4) is 17.2 Å². The largest absolute Gasteiger partial charge is 0.492 e. The maximum Gasteiger partial charge on any atom is 0.255 e. The Morgan fingerprint density at radius 1 is 0.714 bits per heavy atom. The fraction of sp³-hybridized carbons (Fsp3) is 0.259. The van der Waals surface area contributed by atoms with Crippen molar-refractivity contribution < 1.29 is 23.8 Å². The van der Waals surface area contributed by atoms with E-state index in [1.54, 1.807) is 54.6 Å². The lowest BCUT2D eigenvalue weighted by Gasteiger charge is -2.18. The van der Waals surface area contributed by atoms with Crippen LogP contribution in [0.2, 0.25) is 0 Å². The van der Waals surface area contributed by atoms with Crippen molar-refractivity contribution >= 4 is 28.9 Å². The van der Waals surface area contributed by atoms with Crippen LogP contribution in [-0.2, 0) is 0 Å². The van der Waals surface area contributed by atoms with Crippen molar-refractivity contribution in [2.75, 3.05) is 36.2 Å². The predicted octanol–water partition coefficient (Wildman–Crippen LogP) is 5.36. The van der Waals surface area contributed by atoms with Crippen LogP contribution >= 0.6 is 0 Å². The summed E-state index contributed by atoms with van der Waals surface area (Å²) in [5, 5.41) is 5.73. The molecule has 0 aliphatic heterocycles. The lowest BCUT2D eigenvalue weighted by Crippen LogP contribution is -2.16. The highest BCUT2D eigenvalue weighted by molar-refractivity contribution is 6.07. The van der Waals surface area contributed by atoms with Gasteiger partial charge < -0.3 is 30.6 Å². The summed E-state index contributed by atoms with van der Waals surface area (Å²) in [4.78, 5) is 25.7. The molecule has 35 heavy (non-hydrogen) atoms. The minimum Gasteiger partial charge on any atom is -0.492 e. The molecule has 0 aliphatic carbocycles. The van der Waals surface area contributed by atoms with Gasteiger partial charge in [-0.25, -0.2) is 0 Å². The third-order valence-corrected chi connectivity index (χ3v) is 4.95. The summed E-state index contributed by atoms with van der Waals surface area (Å²) < 4.78 is 17.1. The molecule has 0 aromatic heterocycles. The number of anilines is 3. The first-order valence-corrected chi connectivity index (χ1v) is 11.6. The smallest absolute Gasteiger partial charge is 0.255 e. The molecule has 0 bridgehead atoms. The monoisotopic (exact) mass is 477 g/mol. The lowest BCUT2D eigenvalue weighted by molar-refractivity contribution is 0.101. The van der Waals surface area contributed by atoms with Crippen LogP contribution in [0.4, 0.5) is 17.1 Å². The summed E-state index contributed by atoms with van der Waals surface area (Å²) in [6.45, 7) is 6.94. The summed E-state index contributed by atoms with van der Waals surface area (Å²) in [7, 11) is 0. The van der Waals surface area contributed by atoms with Crippen molar-refractivity contribution in [1.29, 1.82) is 0 Å². The number of carbonyl (C=O) groups excluding carboxylic acids is 2. The van der Waals surface area contributed by atoms with Crippen molar-refractivity contribution in [3.63, 3.8) is 0 Å². The molecule has 0 heterocycles. The Bertz CT molecular complexity index is 1160. The number of nitrogens with two attached hydrogens (primary N) is 1. The average Bonchev–Trinajstić information content (AvgIpc) is 2.86. The van der Waals surface area contributed by atoms with E-state index in [4.69, 9.17) is 19.9 Å². The molecule has 3 rings (SSSR count). The van der Waals surface area contributed by atoms with Crippen LogP contribution in [-0.4, -0.2) is 31.6 Å². The number of hydrogen-bond acceptors (Lipinski definition) is 6. The van der Waals surface area contributed by atoms with Crippen LogP contribution in [0, 0.1) is 0 Å². The first-order chi connectivity index (χ1) is 17.0. The quantitative estimate of drug-likeness (QED) is 0.321. The first-order valence-electron chi connectivity index (χ1n) is 11.6. The molecule has 8 nitrogen and oxygen atoms in total. The van der Waals surface area contributed by atoms with E-state index < -0.39 is 0 Å². The van der Waals surface area contributed by atoms with Crippen LogP contribution in [0.1, 0.15) is 47.9 Å². The molecule has 8 heteroatoms. The summed E-state index contributed by atoms with van der Waals surface area (Å²) in [5.74, 6) is 0.673. The second kappa shape index (κ2) is 12.3. The van der Waals surface area contributed by atoms with Gasteiger partial charge in [-0.1, -0.05) is 25.1 Å². The number of hydrogen-bond donors (Lipinski definition) is 3. The van der Waals surface area contributed by atoms with E-state index in [9.17, 15) is 9.59 Å². The molecule has 3 aromatic rings. The number of nitrogens with one attached hydrogen (secondary N) is 2. The number of ether oxygens (including phenoxy) is 3. The predicted molar refractivity (Wildman–Crippen MR) is 138 cm³/mol. The standard InChI is InChI=1S/C27H31N3O5/c1-4-14-35-23-13-12-19(15-20(23)28)27(32)30-22-17-24(33-5-2)21(16-25(22)34-6-3)29-26(31)18-10-8-7-9-11-18/h7-13,15-17H,4-6,14,28H2,1-3H3,(H,29,31)(H,30,32). The van der Waals surface area contributed by atoms with Gasteiger partial charge in [-0.15, -0.1) is 0 Å². The first kappa shape index (κ1) is 25.4. The van der Waals surface area contributed by atoms with Crippen LogP contribution in [0.3, 0.4) is 0 Å². The van der Waals surface area contributed by atoms with E-state index in [1.165, 1.54) is 0 Å². The molecule has 3 aromatic carbocycles. The van der Waals surface area contributed by atoms with E-state index in [0.29, 0.717) is 65.3 Å². The van der Waals surface area contributed by atoms with Gasteiger partial charge in [-0.05, 0) is 50.6 Å². The zero-order valence-corrected chi connectivity index (χ0v) is 20.2. The molecule has 2 amide bonds. The van der Waals surface area contributed by atoms with Gasteiger partial charge in [-0.3, -0.25) is 9.59 Å². The molecule has 0 saturated heterocycles. The highest BCUT2D eigenvalue weighted by Gasteiger charge is 2.18. The lowest BCUT2D eigenvalue weighted by atomic mass is 10.1. The number of amides is 2. The van der Waals surface area contributed by atoms with Gasteiger partial charge in [-0.2, -0.15) is 0 Å². The van der Waals surface area contributed by atoms with Gasteiger partial charge in [0.15, 0.2) is 0 Å². The Hall–Kier alpha value is -4.20. The van der Waals surface area contributed by atoms with Gasteiger partial charge in [0.25, 0.3) is 11.8 Å². The molecular formula is C27H31N3O5.